The van der Waals surface area contributed by atoms with Gasteiger partial charge in [0.05, 0.1) is 19.1 Å². The Balaban J connectivity index is 1.70. The van der Waals surface area contributed by atoms with E-state index in [1.54, 1.807) is 12.3 Å². The number of nitrogens with zero attached hydrogens (tertiary/aromatic N) is 4. The number of amides is 1. The van der Waals surface area contributed by atoms with Crippen molar-refractivity contribution in [2.24, 2.45) is 0 Å². The molecule has 0 aliphatic heterocycles. The lowest BCUT2D eigenvalue weighted by Crippen LogP contribution is -2.36. The molecular formula is C20H22N4O4S. The summed E-state index contributed by atoms with van der Waals surface area (Å²) in [6, 6.07) is 13.1. The highest BCUT2D eigenvalue weighted by Gasteiger charge is 2.21. The van der Waals surface area contributed by atoms with E-state index < -0.39 is 5.97 Å². The molecule has 0 spiro atoms. The fourth-order valence-corrected chi connectivity index (χ4v) is 3.65. The Morgan fingerprint density at radius 2 is 1.97 bits per heavy atom. The third-order valence-corrected chi connectivity index (χ3v) is 5.17. The summed E-state index contributed by atoms with van der Waals surface area (Å²) < 4.78 is 12.0. The largest absolute Gasteiger partial charge is 0.468 e. The van der Waals surface area contributed by atoms with E-state index in [1.165, 1.54) is 23.8 Å². The molecule has 0 radical (unpaired) electrons. The van der Waals surface area contributed by atoms with Crippen LogP contribution < -0.4 is 0 Å². The first-order chi connectivity index (χ1) is 14.1. The second-order valence-electron chi connectivity index (χ2n) is 6.13. The Hall–Kier alpha value is -3.07. The molecule has 0 saturated heterocycles. The Morgan fingerprint density at radius 3 is 2.62 bits per heavy atom. The van der Waals surface area contributed by atoms with Crippen molar-refractivity contribution in [2.75, 3.05) is 19.4 Å². The van der Waals surface area contributed by atoms with Crippen LogP contribution in [0.5, 0.6) is 0 Å². The predicted molar refractivity (Wildman–Crippen MR) is 108 cm³/mol. The molecule has 0 unspecified atom stereocenters. The lowest BCUT2D eigenvalue weighted by atomic mass is 10.2. The highest BCUT2D eigenvalue weighted by Crippen LogP contribution is 2.24. The molecule has 3 rings (SSSR count). The normalized spacial score (nSPS) is 10.7. The van der Waals surface area contributed by atoms with E-state index in [4.69, 9.17) is 9.15 Å². The van der Waals surface area contributed by atoms with Crippen LogP contribution in [0.2, 0.25) is 0 Å². The fraction of sp³-hybridized carbons (Fsp3) is 0.300. The van der Waals surface area contributed by atoms with E-state index in [0.717, 1.165) is 5.56 Å². The lowest BCUT2D eigenvalue weighted by Gasteiger charge is -2.21. The minimum Gasteiger partial charge on any atom is -0.468 e. The average molecular weight is 414 g/mol. The molecule has 3 aromatic rings. The summed E-state index contributed by atoms with van der Waals surface area (Å²) in [7, 11) is 1.31. The molecule has 1 aromatic carbocycles. The maximum Gasteiger partial charge on any atom is 0.325 e. The maximum absolute atomic E-state index is 12.8. The van der Waals surface area contributed by atoms with Crippen LogP contribution in [0.1, 0.15) is 12.5 Å². The molecule has 2 aromatic heterocycles. The summed E-state index contributed by atoms with van der Waals surface area (Å²) in [5, 5.41) is 8.99. The number of furan rings is 1. The third-order valence-electron chi connectivity index (χ3n) is 4.22. The monoisotopic (exact) mass is 414 g/mol. The number of carbonyl (C=O) groups excluding carboxylic acids is 2. The first-order valence-corrected chi connectivity index (χ1v) is 10.1. The molecule has 8 nitrogen and oxygen atoms in total. The summed E-state index contributed by atoms with van der Waals surface area (Å²) >= 11 is 1.28. The molecule has 29 heavy (non-hydrogen) atoms. The van der Waals surface area contributed by atoms with Gasteiger partial charge in [0.2, 0.25) is 5.91 Å². The van der Waals surface area contributed by atoms with Gasteiger partial charge in [-0.2, -0.15) is 0 Å². The van der Waals surface area contributed by atoms with E-state index in [2.05, 4.69) is 10.2 Å². The minimum absolute atomic E-state index is 0.108. The van der Waals surface area contributed by atoms with Crippen molar-refractivity contribution in [3.63, 3.8) is 0 Å². The number of esters is 1. The second-order valence-corrected chi connectivity index (χ2v) is 7.07. The SMILES string of the molecule is CCn1c(SCC(=O)N(CC(=O)OC)Cc2ccccc2)nnc1-c1ccco1. The van der Waals surface area contributed by atoms with E-state index in [9.17, 15) is 9.59 Å². The van der Waals surface area contributed by atoms with E-state index in [1.807, 2.05) is 47.9 Å². The molecule has 0 saturated carbocycles. The van der Waals surface area contributed by atoms with Crippen molar-refractivity contribution in [2.45, 2.75) is 25.2 Å². The molecule has 0 bridgehead atoms. The number of ether oxygens (including phenoxy) is 1. The van der Waals surface area contributed by atoms with Crippen molar-refractivity contribution in [1.29, 1.82) is 0 Å². The summed E-state index contributed by atoms with van der Waals surface area (Å²) in [6.07, 6.45) is 1.58. The van der Waals surface area contributed by atoms with E-state index in [0.29, 0.717) is 29.8 Å². The van der Waals surface area contributed by atoms with Crippen LogP contribution in [0.4, 0.5) is 0 Å². The van der Waals surface area contributed by atoms with Gasteiger partial charge in [-0.05, 0) is 24.6 Å². The Morgan fingerprint density at radius 1 is 1.17 bits per heavy atom. The fourth-order valence-electron chi connectivity index (χ4n) is 2.74. The Bertz CT molecular complexity index is 941. The number of carbonyl (C=O) groups is 2. The standard InChI is InChI=1S/C20H22N4O4S/c1-3-24-19(16-10-7-11-28-16)21-22-20(24)29-14-17(25)23(13-18(26)27-2)12-15-8-5-4-6-9-15/h4-11H,3,12-14H2,1-2H3. The second kappa shape index (κ2) is 9.92. The summed E-state index contributed by atoms with van der Waals surface area (Å²) in [5.74, 6) is 0.711. The van der Waals surface area contributed by atoms with Crippen molar-refractivity contribution in [3.05, 3.63) is 54.3 Å². The van der Waals surface area contributed by atoms with Crippen molar-refractivity contribution < 1.29 is 18.7 Å². The minimum atomic E-state index is -0.462. The van der Waals surface area contributed by atoms with Gasteiger partial charge in [0.1, 0.15) is 6.54 Å². The average Bonchev–Trinajstić information content (AvgIpc) is 3.41. The van der Waals surface area contributed by atoms with Crippen molar-refractivity contribution >= 4 is 23.6 Å². The highest BCUT2D eigenvalue weighted by molar-refractivity contribution is 7.99. The zero-order chi connectivity index (χ0) is 20.6. The Kier molecular flexibility index (Phi) is 7.07. The molecule has 0 aliphatic carbocycles. The number of hydrogen-bond acceptors (Lipinski definition) is 7. The number of rotatable bonds is 9. The van der Waals surface area contributed by atoms with Crippen LogP contribution in [-0.4, -0.2) is 50.9 Å². The van der Waals surface area contributed by atoms with Gasteiger partial charge < -0.3 is 14.1 Å². The summed E-state index contributed by atoms with van der Waals surface area (Å²) in [4.78, 5) is 26.1. The molecule has 1 amide bonds. The summed E-state index contributed by atoms with van der Waals surface area (Å²) in [6.45, 7) is 2.83. The first kappa shape index (κ1) is 20.7. The van der Waals surface area contributed by atoms with Gasteiger partial charge in [-0.1, -0.05) is 42.1 Å². The highest BCUT2D eigenvalue weighted by atomic mass is 32.2. The van der Waals surface area contributed by atoms with Gasteiger partial charge in [-0.3, -0.25) is 14.2 Å². The number of hydrogen-bond donors (Lipinski definition) is 0. The summed E-state index contributed by atoms with van der Waals surface area (Å²) in [5.41, 5.74) is 0.937. The zero-order valence-electron chi connectivity index (χ0n) is 16.3. The quantitative estimate of drug-likeness (QED) is 0.393. The number of benzene rings is 1. The van der Waals surface area contributed by atoms with Crippen LogP contribution >= 0.6 is 11.8 Å². The van der Waals surface area contributed by atoms with Gasteiger partial charge in [-0.15, -0.1) is 10.2 Å². The molecular weight excluding hydrogens is 392 g/mol. The van der Waals surface area contributed by atoms with Gasteiger partial charge in [-0.25, -0.2) is 0 Å². The molecule has 2 heterocycles. The predicted octanol–water partition coefficient (Wildman–Crippen LogP) is 2.85. The molecule has 0 aliphatic rings. The third kappa shape index (κ3) is 5.26. The van der Waals surface area contributed by atoms with Gasteiger partial charge in [0.15, 0.2) is 16.7 Å². The number of thioether (sulfide) groups is 1. The number of aromatic nitrogens is 3. The van der Waals surface area contributed by atoms with Gasteiger partial charge in [0.25, 0.3) is 0 Å². The number of methoxy groups -OCH3 is 1. The van der Waals surface area contributed by atoms with E-state index >= 15 is 0 Å². The van der Waals surface area contributed by atoms with Crippen LogP contribution in [-0.2, 0) is 27.4 Å². The molecule has 0 atom stereocenters. The molecule has 9 heteroatoms. The smallest absolute Gasteiger partial charge is 0.325 e. The molecule has 0 fully saturated rings. The first-order valence-electron chi connectivity index (χ1n) is 9.10. The topological polar surface area (TPSA) is 90.5 Å². The van der Waals surface area contributed by atoms with Crippen LogP contribution in [0, 0.1) is 0 Å². The van der Waals surface area contributed by atoms with Crippen molar-refractivity contribution in [1.82, 2.24) is 19.7 Å². The molecule has 0 N–H and O–H groups in total. The Labute approximate surface area is 172 Å². The van der Waals surface area contributed by atoms with Crippen LogP contribution in [0.15, 0.2) is 58.3 Å². The van der Waals surface area contributed by atoms with Crippen LogP contribution in [0.3, 0.4) is 0 Å². The maximum atomic E-state index is 12.8. The van der Waals surface area contributed by atoms with E-state index in [-0.39, 0.29) is 18.2 Å². The lowest BCUT2D eigenvalue weighted by molar-refractivity contribution is -0.146. The van der Waals surface area contributed by atoms with Gasteiger partial charge >= 0.3 is 5.97 Å². The van der Waals surface area contributed by atoms with Gasteiger partial charge in [0, 0.05) is 13.1 Å². The van der Waals surface area contributed by atoms with Crippen LogP contribution in [0.25, 0.3) is 11.6 Å². The van der Waals surface area contributed by atoms with Crippen molar-refractivity contribution in [3.8, 4) is 11.6 Å². The zero-order valence-corrected chi connectivity index (χ0v) is 17.1. The molecule has 152 valence electrons.